The Morgan fingerprint density at radius 3 is 2.23 bits per heavy atom. The van der Waals surface area contributed by atoms with Gasteiger partial charge in [0.15, 0.2) is 17.5 Å². The van der Waals surface area contributed by atoms with E-state index < -0.39 is 0 Å². The van der Waals surface area contributed by atoms with E-state index in [4.69, 9.17) is 24.7 Å². The summed E-state index contributed by atoms with van der Waals surface area (Å²) in [5, 5.41) is 3.05. The van der Waals surface area contributed by atoms with E-state index in [9.17, 15) is 0 Å². The number of nitrogens with zero attached hydrogens (tertiary/aromatic N) is 1. The van der Waals surface area contributed by atoms with Gasteiger partial charge in [-0.25, -0.2) is 4.99 Å². The van der Waals surface area contributed by atoms with Crippen molar-refractivity contribution in [3.63, 3.8) is 0 Å². The largest absolute Gasteiger partial charge is 0.496 e. The topological polar surface area (TPSA) is 87.3 Å². The first kappa shape index (κ1) is 17.9. The fourth-order valence-electron chi connectivity index (χ4n) is 1.98. The lowest BCUT2D eigenvalue weighted by molar-refractivity contribution is 0.179. The third kappa shape index (κ3) is 5.00. The van der Waals surface area contributed by atoms with Crippen molar-refractivity contribution in [2.24, 2.45) is 10.7 Å². The second-order valence-electron chi connectivity index (χ2n) is 4.72. The highest BCUT2D eigenvalue weighted by Gasteiger charge is 2.11. The minimum atomic E-state index is 0.0843. The molecule has 0 aromatic heterocycles. The van der Waals surface area contributed by atoms with Gasteiger partial charge < -0.3 is 30.0 Å². The molecule has 7 heteroatoms. The molecular weight excluding hydrogens is 286 g/mol. The first-order valence-electron chi connectivity index (χ1n) is 6.90. The molecule has 7 nitrogen and oxygen atoms in total. The summed E-state index contributed by atoms with van der Waals surface area (Å²) >= 11 is 0. The molecule has 1 atom stereocenters. The average Bonchev–Trinajstić information content (AvgIpc) is 2.52. The Hall–Kier alpha value is -2.15. The fourth-order valence-corrected chi connectivity index (χ4v) is 1.98. The Kier molecular flexibility index (Phi) is 7.31. The fraction of sp³-hybridized carbons (Fsp3) is 0.533. The molecule has 0 saturated carbocycles. The van der Waals surface area contributed by atoms with Crippen molar-refractivity contribution in [3.05, 3.63) is 17.7 Å². The van der Waals surface area contributed by atoms with Crippen LogP contribution in [0.2, 0.25) is 0 Å². The lowest BCUT2D eigenvalue weighted by Crippen LogP contribution is -2.40. The van der Waals surface area contributed by atoms with Crippen LogP contribution >= 0.6 is 0 Å². The van der Waals surface area contributed by atoms with Gasteiger partial charge in [0.2, 0.25) is 0 Å². The third-order valence-electron chi connectivity index (χ3n) is 3.02. The summed E-state index contributed by atoms with van der Waals surface area (Å²) in [5.74, 6) is 2.24. The summed E-state index contributed by atoms with van der Waals surface area (Å²) in [5.41, 5.74) is 6.71. The molecule has 0 fully saturated rings. The van der Waals surface area contributed by atoms with Gasteiger partial charge in [-0.15, -0.1) is 0 Å². The summed E-state index contributed by atoms with van der Waals surface area (Å²) in [6.07, 6.45) is 0. The summed E-state index contributed by atoms with van der Waals surface area (Å²) in [4.78, 5) is 4.31. The number of methoxy groups -OCH3 is 4. The van der Waals surface area contributed by atoms with Crippen molar-refractivity contribution < 1.29 is 18.9 Å². The van der Waals surface area contributed by atoms with Crippen molar-refractivity contribution in [3.8, 4) is 17.2 Å². The van der Waals surface area contributed by atoms with Gasteiger partial charge in [-0.1, -0.05) is 0 Å². The number of nitrogens with one attached hydrogen (secondary N) is 1. The molecular formula is C15H25N3O4. The van der Waals surface area contributed by atoms with Gasteiger partial charge in [0.05, 0.1) is 34.5 Å². The molecule has 1 aromatic rings. The molecule has 0 heterocycles. The van der Waals surface area contributed by atoms with Gasteiger partial charge in [0.25, 0.3) is 0 Å². The third-order valence-corrected chi connectivity index (χ3v) is 3.02. The zero-order chi connectivity index (χ0) is 16.5. The number of guanidine groups is 1. The monoisotopic (exact) mass is 311 g/mol. The van der Waals surface area contributed by atoms with Crippen LogP contribution in [0, 0.1) is 0 Å². The number of ether oxygens (including phenoxy) is 4. The molecule has 1 unspecified atom stereocenters. The number of hydrogen-bond acceptors (Lipinski definition) is 5. The van der Waals surface area contributed by atoms with E-state index in [0.717, 1.165) is 5.56 Å². The zero-order valence-electron chi connectivity index (χ0n) is 13.8. The van der Waals surface area contributed by atoms with Crippen LogP contribution < -0.4 is 25.3 Å². The van der Waals surface area contributed by atoms with Crippen molar-refractivity contribution >= 4 is 5.96 Å². The predicted molar refractivity (Wildman–Crippen MR) is 85.9 cm³/mol. The molecule has 0 aliphatic carbocycles. The molecule has 0 saturated heterocycles. The first-order chi connectivity index (χ1) is 10.5. The standard InChI is InChI=1S/C15H25N3O4/c1-10(9-19-2)18-15(16)17-8-11-6-13(21-4)14(22-5)7-12(11)20-3/h6-7,10H,8-9H2,1-5H3,(H3,16,17,18). The molecule has 3 N–H and O–H groups in total. The summed E-state index contributed by atoms with van der Waals surface area (Å²) in [7, 11) is 6.39. The Morgan fingerprint density at radius 2 is 1.68 bits per heavy atom. The normalized spacial score (nSPS) is 12.7. The molecule has 1 aromatic carbocycles. The van der Waals surface area contributed by atoms with Gasteiger partial charge in [0, 0.05) is 24.8 Å². The first-order valence-corrected chi connectivity index (χ1v) is 6.90. The highest BCUT2D eigenvalue weighted by Crippen LogP contribution is 2.34. The molecule has 0 bridgehead atoms. The maximum Gasteiger partial charge on any atom is 0.189 e. The lowest BCUT2D eigenvalue weighted by atomic mass is 10.1. The maximum atomic E-state index is 5.86. The van der Waals surface area contributed by atoms with Crippen molar-refractivity contribution in [2.75, 3.05) is 35.0 Å². The molecule has 0 spiro atoms. The van der Waals surface area contributed by atoms with Crippen LogP contribution in [0.1, 0.15) is 12.5 Å². The van der Waals surface area contributed by atoms with Gasteiger partial charge in [-0.3, -0.25) is 0 Å². The van der Waals surface area contributed by atoms with E-state index in [1.807, 2.05) is 13.0 Å². The molecule has 1 rings (SSSR count). The van der Waals surface area contributed by atoms with E-state index >= 15 is 0 Å². The summed E-state index contributed by atoms with van der Waals surface area (Å²) in [6.45, 7) is 2.88. The Morgan fingerprint density at radius 1 is 1.09 bits per heavy atom. The minimum Gasteiger partial charge on any atom is -0.496 e. The lowest BCUT2D eigenvalue weighted by Gasteiger charge is -2.15. The van der Waals surface area contributed by atoms with Crippen LogP contribution in [0.25, 0.3) is 0 Å². The Labute approximate surface area is 131 Å². The predicted octanol–water partition coefficient (Wildman–Crippen LogP) is 1.15. The van der Waals surface area contributed by atoms with Gasteiger partial charge in [-0.2, -0.15) is 0 Å². The SMILES string of the molecule is COCC(C)NC(N)=NCc1cc(OC)c(OC)cc1OC. The zero-order valence-corrected chi connectivity index (χ0v) is 13.8. The molecule has 0 aliphatic heterocycles. The molecule has 0 amide bonds. The minimum absolute atomic E-state index is 0.0843. The number of nitrogens with two attached hydrogens (primary N) is 1. The van der Waals surface area contributed by atoms with Crippen LogP contribution in [0.3, 0.4) is 0 Å². The van der Waals surface area contributed by atoms with Gasteiger partial charge in [-0.05, 0) is 13.0 Å². The maximum absolute atomic E-state index is 5.86. The second-order valence-corrected chi connectivity index (χ2v) is 4.72. The van der Waals surface area contributed by atoms with Crippen LogP contribution in [-0.4, -0.2) is 47.0 Å². The second kappa shape index (κ2) is 8.99. The highest BCUT2D eigenvalue weighted by molar-refractivity contribution is 5.78. The summed E-state index contributed by atoms with van der Waals surface area (Å²) in [6, 6.07) is 3.68. The molecule has 0 radical (unpaired) electrons. The van der Waals surface area contributed by atoms with Crippen LogP contribution in [-0.2, 0) is 11.3 Å². The van der Waals surface area contributed by atoms with E-state index in [-0.39, 0.29) is 6.04 Å². The average molecular weight is 311 g/mol. The smallest absolute Gasteiger partial charge is 0.189 e. The van der Waals surface area contributed by atoms with Crippen molar-refractivity contribution in [2.45, 2.75) is 19.5 Å². The quantitative estimate of drug-likeness (QED) is 0.553. The van der Waals surface area contributed by atoms with E-state index in [1.165, 1.54) is 0 Å². The Balaban J connectivity index is 2.87. The number of rotatable bonds is 8. The van der Waals surface area contributed by atoms with Crippen LogP contribution in [0.15, 0.2) is 17.1 Å². The molecule has 0 aliphatic rings. The van der Waals surface area contributed by atoms with Crippen molar-refractivity contribution in [1.82, 2.24) is 5.32 Å². The van der Waals surface area contributed by atoms with Crippen LogP contribution in [0.5, 0.6) is 17.2 Å². The summed E-state index contributed by atoms with van der Waals surface area (Å²) < 4.78 is 20.9. The number of benzene rings is 1. The van der Waals surface area contributed by atoms with Crippen LogP contribution in [0.4, 0.5) is 0 Å². The van der Waals surface area contributed by atoms with E-state index in [2.05, 4.69) is 10.3 Å². The number of hydrogen-bond donors (Lipinski definition) is 2. The van der Waals surface area contributed by atoms with E-state index in [0.29, 0.717) is 36.4 Å². The van der Waals surface area contributed by atoms with Crippen molar-refractivity contribution in [1.29, 1.82) is 0 Å². The molecule has 124 valence electrons. The van der Waals surface area contributed by atoms with Gasteiger partial charge in [0.1, 0.15) is 5.75 Å². The highest BCUT2D eigenvalue weighted by atomic mass is 16.5. The molecule has 22 heavy (non-hydrogen) atoms. The van der Waals surface area contributed by atoms with Gasteiger partial charge >= 0.3 is 0 Å². The Bertz CT molecular complexity index is 506. The number of aliphatic imine (C=N–C) groups is 1. The van der Waals surface area contributed by atoms with E-state index in [1.54, 1.807) is 34.5 Å².